The van der Waals surface area contributed by atoms with Crippen molar-refractivity contribution in [2.45, 2.75) is 37.6 Å². The van der Waals surface area contributed by atoms with Crippen molar-refractivity contribution in [1.82, 2.24) is 4.90 Å². The molecule has 0 spiro atoms. The van der Waals surface area contributed by atoms with Gasteiger partial charge in [0.05, 0.1) is 5.54 Å². The number of hydrogen-bond acceptors (Lipinski definition) is 1. The molecule has 0 unspecified atom stereocenters. The minimum absolute atomic E-state index is 0.105. The Kier molecular flexibility index (Phi) is 3.86. The van der Waals surface area contributed by atoms with Crippen LogP contribution in [0, 0.1) is 11.8 Å². The van der Waals surface area contributed by atoms with E-state index in [1.54, 1.807) is 0 Å². The van der Waals surface area contributed by atoms with Gasteiger partial charge in [-0.05, 0) is 39.1 Å². The van der Waals surface area contributed by atoms with E-state index in [4.69, 9.17) is 0 Å². The van der Waals surface area contributed by atoms with Crippen molar-refractivity contribution in [2.24, 2.45) is 0 Å². The van der Waals surface area contributed by atoms with E-state index in [2.05, 4.69) is 43.0 Å². The van der Waals surface area contributed by atoms with Gasteiger partial charge in [-0.1, -0.05) is 49.3 Å². The second-order valence-corrected chi connectivity index (χ2v) is 5.10. The summed E-state index contributed by atoms with van der Waals surface area (Å²) in [6, 6.07) is 10.3. The van der Waals surface area contributed by atoms with E-state index < -0.39 is 0 Å². The van der Waals surface area contributed by atoms with E-state index in [0.717, 1.165) is 5.56 Å². The molecule has 1 fully saturated rings. The topological polar surface area (TPSA) is 3.24 Å². The van der Waals surface area contributed by atoms with Gasteiger partial charge in [0.15, 0.2) is 0 Å². The van der Waals surface area contributed by atoms with Gasteiger partial charge in [-0.15, -0.1) is 0 Å². The molecule has 17 heavy (non-hydrogen) atoms. The molecule has 1 aromatic carbocycles. The summed E-state index contributed by atoms with van der Waals surface area (Å²) in [7, 11) is 4.32. The van der Waals surface area contributed by atoms with Crippen LogP contribution in [0.5, 0.6) is 0 Å². The van der Waals surface area contributed by atoms with Crippen LogP contribution in [0.15, 0.2) is 30.3 Å². The predicted molar refractivity (Wildman–Crippen MR) is 72.8 cm³/mol. The Labute approximate surface area is 105 Å². The largest absolute Gasteiger partial charge is 0.293 e. The van der Waals surface area contributed by atoms with Gasteiger partial charge in [-0.2, -0.15) is 0 Å². The molecule has 0 atom stereocenters. The molecular formula is C16H21N. The number of rotatable bonds is 1. The van der Waals surface area contributed by atoms with E-state index in [9.17, 15) is 0 Å². The number of nitrogens with zero attached hydrogens (tertiary/aromatic N) is 1. The van der Waals surface area contributed by atoms with E-state index in [-0.39, 0.29) is 5.54 Å². The zero-order valence-electron chi connectivity index (χ0n) is 10.9. The highest BCUT2D eigenvalue weighted by molar-refractivity contribution is 5.36. The lowest BCUT2D eigenvalue weighted by atomic mass is 9.81. The first kappa shape index (κ1) is 12.2. The third-order valence-electron chi connectivity index (χ3n) is 3.75. The van der Waals surface area contributed by atoms with E-state index >= 15 is 0 Å². The first-order valence-electron chi connectivity index (χ1n) is 6.49. The molecule has 90 valence electrons. The number of benzene rings is 1. The van der Waals surface area contributed by atoms with Gasteiger partial charge in [0.2, 0.25) is 0 Å². The van der Waals surface area contributed by atoms with Crippen LogP contribution in [-0.4, -0.2) is 24.5 Å². The van der Waals surface area contributed by atoms with Crippen molar-refractivity contribution < 1.29 is 0 Å². The second-order valence-electron chi connectivity index (χ2n) is 5.10. The lowest BCUT2D eigenvalue weighted by Gasteiger charge is -2.38. The van der Waals surface area contributed by atoms with Crippen LogP contribution in [0.2, 0.25) is 0 Å². The van der Waals surface area contributed by atoms with Crippen LogP contribution in [0.1, 0.15) is 37.7 Å². The van der Waals surface area contributed by atoms with Gasteiger partial charge in [0.1, 0.15) is 0 Å². The van der Waals surface area contributed by atoms with Crippen molar-refractivity contribution in [3.8, 4) is 11.8 Å². The summed E-state index contributed by atoms with van der Waals surface area (Å²) in [5.41, 5.74) is 1.23. The van der Waals surface area contributed by atoms with Crippen molar-refractivity contribution in [3.63, 3.8) is 0 Å². The highest BCUT2D eigenvalue weighted by Crippen LogP contribution is 2.31. The molecule has 0 bridgehead atoms. The zero-order valence-corrected chi connectivity index (χ0v) is 10.9. The molecule has 1 aromatic rings. The summed E-state index contributed by atoms with van der Waals surface area (Å²) in [5.74, 6) is 6.87. The van der Waals surface area contributed by atoms with Crippen molar-refractivity contribution in [3.05, 3.63) is 35.9 Å². The molecular weight excluding hydrogens is 206 g/mol. The lowest BCUT2D eigenvalue weighted by molar-refractivity contribution is 0.161. The summed E-state index contributed by atoms with van der Waals surface area (Å²) in [5, 5.41) is 0. The maximum absolute atomic E-state index is 3.53. The molecule has 0 saturated heterocycles. The Morgan fingerprint density at radius 1 is 1.00 bits per heavy atom. The van der Waals surface area contributed by atoms with Gasteiger partial charge in [-0.25, -0.2) is 0 Å². The predicted octanol–water partition coefficient (Wildman–Crippen LogP) is 3.30. The molecule has 0 aromatic heterocycles. The van der Waals surface area contributed by atoms with Gasteiger partial charge < -0.3 is 0 Å². The first-order chi connectivity index (χ1) is 8.23. The first-order valence-corrected chi connectivity index (χ1v) is 6.49. The molecule has 0 aliphatic heterocycles. The quantitative estimate of drug-likeness (QED) is 0.665. The molecule has 0 N–H and O–H groups in total. The molecule has 1 heteroatoms. The monoisotopic (exact) mass is 227 g/mol. The smallest absolute Gasteiger partial charge is 0.0824 e. The SMILES string of the molecule is CN(C)C1(C#Cc2ccccc2)CCCCC1. The van der Waals surface area contributed by atoms with Gasteiger partial charge in [0, 0.05) is 5.56 Å². The van der Waals surface area contributed by atoms with Crippen LogP contribution in [0.3, 0.4) is 0 Å². The second kappa shape index (κ2) is 5.38. The zero-order chi connectivity index (χ0) is 12.1. The Morgan fingerprint density at radius 3 is 2.24 bits per heavy atom. The number of hydrogen-bond donors (Lipinski definition) is 0. The molecule has 0 radical (unpaired) electrons. The fourth-order valence-corrected chi connectivity index (χ4v) is 2.53. The lowest BCUT2D eigenvalue weighted by Crippen LogP contribution is -2.44. The molecule has 1 aliphatic carbocycles. The van der Waals surface area contributed by atoms with Crippen molar-refractivity contribution >= 4 is 0 Å². The third-order valence-corrected chi connectivity index (χ3v) is 3.75. The van der Waals surface area contributed by atoms with Crippen LogP contribution in [0.25, 0.3) is 0 Å². The van der Waals surface area contributed by atoms with Crippen LogP contribution in [0.4, 0.5) is 0 Å². The Bertz CT molecular complexity index is 402. The Morgan fingerprint density at radius 2 is 1.65 bits per heavy atom. The van der Waals surface area contributed by atoms with Crippen LogP contribution in [-0.2, 0) is 0 Å². The molecule has 2 rings (SSSR count). The van der Waals surface area contributed by atoms with Crippen LogP contribution >= 0.6 is 0 Å². The van der Waals surface area contributed by atoms with Crippen molar-refractivity contribution in [2.75, 3.05) is 14.1 Å². The Balaban J connectivity index is 2.21. The molecule has 1 aliphatic rings. The molecule has 0 heterocycles. The minimum atomic E-state index is 0.105. The third kappa shape index (κ3) is 2.90. The minimum Gasteiger partial charge on any atom is -0.293 e. The highest BCUT2D eigenvalue weighted by Gasteiger charge is 2.32. The maximum atomic E-state index is 3.53. The van der Waals surface area contributed by atoms with E-state index in [1.807, 2.05) is 18.2 Å². The van der Waals surface area contributed by atoms with Gasteiger partial charge in [-0.3, -0.25) is 4.90 Å². The normalized spacial score (nSPS) is 18.5. The fraction of sp³-hybridized carbons (Fsp3) is 0.500. The summed E-state index contributed by atoms with van der Waals surface area (Å²) in [6.45, 7) is 0. The molecule has 0 amide bonds. The van der Waals surface area contributed by atoms with E-state index in [0.29, 0.717) is 0 Å². The highest BCUT2D eigenvalue weighted by atomic mass is 15.1. The van der Waals surface area contributed by atoms with Gasteiger partial charge >= 0.3 is 0 Å². The van der Waals surface area contributed by atoms with E-state index in [1.165, 1.54) is 32.1 Å². The summed E-state index contributed by atoms with van der Waals surface area (Å²) >= 11 is 0. The maximum Gasteiger partial charge on any atom is 0.0824 e. The Hall–Kier alpha value is -1.26. The van der Waals surface area contributed by atoms with Crippen molar-refractivity contribution in [1.29, 1.82) is 0 Å². The van der Waals surface area contributed by atoms with Crippen LogP contribution < -0.4 is 0 Å². The summed E-state index contributed by atoms with van der Waals surface area (Å²) in [6.07, 6.45) is 6.39. The summed E-state index contributed by atoms with van der Waals surface area (Å²) < 4.78 is 0. The average molecular weight is 227 g/mol. The van der Waals surface area contributed by atoms with Gasteiger partial charge in [0.25, 0.3) is 0 Å². The molecule has 1 saturated carbocycles. The fourth-order valence-electron chi connectivity index (χ4n) is 2.53. The average Bonchev–Trinajstić information content (AvgIpc) is 2.38. The summed E-state index contributed by atoms with van der Waals surface area (Å²) in [4.78, 5) is 2.31. The molecule has 1 nitrogen and oxygen atoms in total. The standard InChI is InChI=1S/C16H21N/c1-17(2)16(12-7-4-8-13-16)14-11-15-9-5-3-6-10-15/h3,5-6,9-10H,4,7-8,12-13H2,1-2H3.